The van der Waals surface area contributed by atoms with Crippen LogP contribution in [0.15, 0.2) is 47.1 Å². The van der Waals surface area contributed by atoms with Gasteiger partial charge >= 0.3 is 11.8 Å². The largest absolute Gasteiger partial charge is 0.467 e. The van der Waals surface area contributed by atoms with Gasteiger partial charge in [-0.05, 0) is 30.2 Å². The molecule has 0 spiro atoms. The number of hydrogen-bond acceptors (Lipinski definition) is 4. The van der Waals surface area contributed by atoms with Crippen molar-refractivity contribution in [1.29, 1.82) is 0 Å². The summed E-state index contributed by atoms with van der Waals surface area (Å²) in [6, 6.07) is 11.2. The van der Waals surface area contributed by atoms with Gasteiger partial charge in [0.05, 0.1) is 18.9 Å². The van der Waals surface area contributed by atoms with Gasteiger partial charge in [0.25, 0.3) is 0 Å². The van der Waals surface area contributed by atoms with Gasteiger partial charge in [-0.1, -0.05) is 24.3 Å². The number of rotatable bonds is 6. The molecular formula is C17H20N2O4. The van der Waals surface area contributed by atoms with Crippen LogP contribution in [0.2, 0.25) is 0 Å². The Hall–Kier alpha value is -2.60. The van der Waals surface area contributed by atoms with Crippen LogP contribution < -0.4 is 10.6 Å². The van der Waals surface area contributed by atoms with E-state index in [4.69, 9.17) is 9.15 Å². The van der Waals surface area contributed by atoms with Crippen molar-refractivity contribution in [3.8, 4) is 0 Å². The molecule has 0 saturated carbocycles. The second-order valence-electron chi connectivity index (χ2n) is 5.05. The number of methoxy groups -OCH3 is 1. The lowest BCUT2D eigenvalue weighted by atomic mass is 10.0. The first-order valence-electron chi connectivity index (χ1n) is 7.28. The predicted molar refractivity (Wildman–Crippen MR) is 84.5 cm³/mol. The van der Waals surface area contributed by atoms with Gasteiger partial charge in [0, 0.05) is 13.7 Å². The minimum Gasteiger partial charge on any atom is -0.467 e. The number of carbonyl (C=O) groups excluding carboxylic acids is 2. The number of hydrogen-bond donors (Lipinski definition) is 2. The average molecular weight is 316 g/mol. The minimum absolute atomic E-state index is 0.171. The smallest absolute Gasteiger partial charge is 0.309 e. The maximum Gasteiger partial charge on any atom is 0.309 e. The van der Waals surface area contributed by atoms with Crippen LogP contribution in [0.5, 0.6) is 0 Å². The lowest BCUT2D eigenvalue weighted by molar-refractivity contribution is -0.139. The summed E-state index contributed by atoms with van der Waals surface area (Å²) in [7, 11) is 1.57. The number of furan rings is 1. The zero-order valence-electron chi connectivity index (χ0n) is 13.2. The molecule has 6 nitrogen and oxygen atoms in total. The van der Waals surface area contributed by atoms with Crippen molar-refractivity contribution in [2.45, 2.75) is 19.6 Å². The van der Waals surface area contributed by atoms with Crippen LogP contribution in [-0.4, -0.2) is 25.5 Å². The van der Waals surface area contributed by atoms with E-state index < -0.39 is 11.8 Å². The Morgan fingerprint density at radius 1 is 1.13 bits per heavy atom. The molecule has 1 aromatic carbocycles. The average Bonchev–Trinajstić information content (AvgIpc) is 3.07. The van der Waals surface area contributed by atoms with Crippen molar-refractivity contribution in [2.24, 2.45) is 0 Å². The zero-order chi connectivity index (χ0) is 16.7. The van der Waals surface area contributed by atoms with E-state index in [0.29, 0.717) is 5.76 Å². The van der Waals surface area contributed by atoms with E-state index in [9.17, 15) is 9.59 Å². The highest BCUT2D eigenvalue weighted by molar-refractivity contribution is 6.35. The van der Waals surface area contributed by atoms with E-state index in [1.54, 1.807) is 19.2 Å². The van der Waals surface area contributed by atoms with E-state index >= 15 is 0 Å². The number of ether oxygens (including phenoxy) is 1. The van der Waals surface area contributed by atoms with Crippen molar-refractivity contribution < 1.29 is 18.7 Å². The summed E-state index contributed by atoms with van der Waals surface area (Å²) in [5, 5.41) is 5.07. The highest BCUT2D eigenvalue weighted by Crippen LogP contribution is 2.19. The third-order valence-electron chi connectivity index (χ3n) is 3.48. The first kappa shape index (κ1) is 16.8. The summed E-state index contributed by atoms with van der Waals surface area (Å²) >= 11 is 0. The van der Waals surface area contributed by atoms with Gasteiger partial charge < -0.3 is 19.8 Å². The topological polar surface area (TPSA) is 80.6 Å². The molecule has 0 aliphatic heterocycles. The predicted octanol–water partition coefficient (Wildman–Crippen LogP) is 1.71. The molecule has 0 fully saturated rings. The van der Waals surface area contributed by atoms with Gasteiger partial charge in [-0.15, -0.1) is 0 Å². The SMILES string of the molecule is CO[C@@H](CNC(=O)C(=O)NCc1ccco1)c1ccccc1C. The molecule has 122 valence electrons. The fourth-order valence-electron chi connectivity index (χ4n) is 2.19. The van der Waals surface area contributed by atoms with Crippen molar-refractivity contribution in [1.82, 2.24) is 10.6 Å². The summed E-state index contributed by atoms with van der Waals surface area (Å²) in [5.74, 6) is -0.825. The molecule has 2 aromatic rings. The fraction of sp³-hybridized carbons (Fsp3) is 0.294. The molecule has 0 saturated heterocycles. The van der Waals surface area contributed by atoms with Gasteiger partial charge in [0.2, 0.25) is 0 Å². The fourth-order valence-corrected chi connectivity index (χ4v) is 2.19. The number of aryl methyl sites for hydroxylation is 1. The van der Waals surface area contributed by atoms with E-state index in [0.717, 1.165) is 11.1 Å². The maximum absolute atomic E-state index is 11.8. The van der Waals surface area contributed by atoms with E-state index in [1.165, 1.54) is 6.26 Å². The molecule has 2 rings (SSSR count). The Balaban J connectivity index is 1.84. The molecule has 0 unspecified atom stereocenters. The third kappa shape index (κ3) is 4.69. The highest BCUT2D eigenvalue weighted by Gasteiger charge is 2.18. The lowest BCUT2D eigenvalue weighted by Crippen LogP contribution is -2.41. The van der Waals surface area contributed by atoms with Gasteiger partial charge in [-0.3, -0.25) is 9.59 Å². The Labute approximate surface area is 134 Å². The monoisotopic (exact) mass is 316 g/mol. The molecule has 0 radical (unpaired) electrons. The Bertz CT molecular complexity index is 652. The number of amides is 2. The quantitative estimate of drug-likeness (QED) is 0.795. The lowest BCUT2D eigenvalue weighted by Gasteiger charge is -2.18. The molecule has 2 N–H and O–H groups in total. The van der Waals surface area contributed by atoms with Crippen LogP contribution in [0.1, 0.15) is 23.0 Å². The Morgan fingerprint density at radius 2 is 1.87 bits per heavy atom. The first-order chi connectivity index (χ1) is 11.1. The zero-order valence-corrected chi connectivity index (χ0v) is 13.2. The van der Waals surface area contributed by atoms with Crippen molar-refractivity contribution in [3.05, 3.63) is 59.5 Å². The van der Waals surface area contributed by atoms with Gasteiger partial charge in [-0.25, -0.2) is 0 Å². The summed E-state index contributed by atoms with van der Waals surface area (Å²) in [6.45, 7) is 2.36. The van der Waals surface area contributed by atoms with Crippen LogP contribution in [0.3, 0.4) is 0 Å². The second-order valence-corrected chi connectivity index (χ2v) is 5.05. The summed E-state index contributed by atoms with van der Waals surface area (Å²) in [6.07, 6.45) is 1.20. The van der Waals surface area contributed by atoms with E-state index in [1.807, 2.05) is 31.2 Å². The molecule has 6 heteroatoms. The molecule has 0 aliphatic rings. The van der Waals surface area contributed by atoms with Crippen LogP contribution in [0.25, 0.3) is 0 Å². The Kier molecular flexibility index (Phi) is 5.94. The molecule has 0 bridgehead atoms. The van der Waals surface area contributed by atoms with E-state index in [2.05, 4.69) is 10.6 Å². The minimum atomic E-state index is -0.707. The Morgan fingerprint density at radius 3 is 2.52 bits per heavy atom. The molecule has 1 aromatic heterocycles. The van der Waals surface area contributed by atoms with Gasteiger partial charge in [-0.2, -0.15) is 0 Å². The summed E-state index contributed by atoms with van der Waals surface area (Å²) in [4.78, 5) is 23.6. The van der Waals surface area contributed by atoms with Crippen molar-refractivity contribution in [3.63, 3.8) is 0 Å². The van der Waals surface area contributed by atoms with Gasteiger partial charge in [0.1, 0.15) is 5.76 Å². The third-order valence-corrected chi connectivity index (χ3v) is 3.48. The second kappa shape index (κ2) is 8.14. The number of nitrogens with one attached hydrogen (secondary N) is 2. The highest BCUT2D eigenvalue weighted by atomic mass is 16.5. The normalized spacial score (nSPS) is 11.7. The van der Waals surface area contributed by atoms with Crippen LogP contribution in [-0.2, 0) is 20.9 Å². The standard InChI is InChI=1S/C17H20N2O4/c1-12-6-3-4-8-14(12)15(22-2)11-19-17(21)16(20)18-10-13-7-5-9-23-13/h3-9,15H,10-11H2,1-2H3,(H,18,20)(H,19,21)/t15-/m0/s1. The molecule has 0 aliphatic carbocycles. The summed E-state index contributed by atoms with van der Waals surface area (Å²) in [5.41, 5.74) is 2.04. The van der Waals surface area contributed by atoms with Crippen LogP contribution in [0.4, 0.5) is 0 Å². The van der Waals surface area contributed by atoms with Crippen LogP contribution >= 0.6 is 0 Å². The first-order valence-corrected chi connectivity index (χ1v) is 7.28. The maximum atomic E-state index is 11.8. The van der Waals surface area contributed by atoms with Gasteiger partial charge in [0.15, 0.2) is 0 Å². The summed E-state index contributed by atoms with van der Waals surface area (Å²) < 4.78 is 10.5. The van der Waals surface area contributed by atoms with Crippen molar-refractivity contribution in [2.75, 3.05) is 13.7 Å². The van der Waals surface area contributed by atoms with Crippen molar-refractivity contribution >= 4 is 11.8 Å². The molecule has 1 atom stereocenters. The number of carbonyl (C=O) groups is 2. The molecule has 2 amide bonds. The molecule has 1 heterocycles. The number of benzene rings is 1. The van der Waals surface area contributed by atoms with E-state index in [-0.39, 0.29) is 19.2 Å². The molecular weight excluding hydrogens is 296 g/mol. The molecule has 23 heavy (non-hydrogen) atoms. The van der Waals surface area contributed by atoms with Crippen LogP contribution in [0, 0.1) is 6.92 Å².